The van der Waals surface area contributed by atoms with Gasteiger partial charge in [0.25, 0.3) is 0 Å². The molecule has 100 valence electrons. The average molecular weight is 253 g/mol. The van der Waals surface area contributed by atoms with Gasteiger partial charge in [0.1, 0.15) is 12.1 Å². The number of nitrogens with one attached hydrogen (secondary N) is 1. The molecule has 1 heterocycles. The molecule has 0 radical (unpaired) electrons. The number of carboxylic acid groups (broad SMARTS) is 1. The van der Waals surface area contributed by atoms with Gasteiger partial charge < -0.3 is 15.2 Å². The topological polar surface area (TPSA) is 84.3 Å². The van der Waals surface area contributed by atoms with Gasteiger partial charge in [-0.1, -0.05) is 13.3 Å². The van der Waals surface area contributed by atoms with Crippen molar-refractivity contribution in [2.24, 2.45) is 5.92 Å². The second kappa shape index (κ2) is 7.47. The average Bonchev–Trinajstić information content (AvgIpc) is 2.35. The first-order valence-electron chi connectivity index (χ1n) is 6.08. The molecule has 0 spiro atoms. The Balaban J connectivity index is 2.55. The van der Waals surface area contributed by atoms with Gasteiger partial charge in [-0.25, -0.2) is 9.97 Å². The molecule has 0 saturated heterocycles. The van der Waals surface area contributed by atoms with E-state index in [2.05, 4.69) is 15.3 Å². The molecule has 0 aliphatic carbocycles. The fourth-order valence-electron chi connectivity index (χ4n) is 1.55. The standard InChI is InChI=1S/C12H19N3O3/c1-3-5-9(12(16)17)7-13-10-6-11(18-4-2)15-8-14-10/h6,8-9H,3-5,7H2,1-2H3,(H,16,17)(H,13,14,15). The van der Waals surface area contributed by atoms with Crippen LogP contribution in [0.3, 0.4) is 0 Å². The third kappa shape index (κ3) is 4.57. The van der Waals surface area contributed by atoms with Gasteiger partial charge >= 0.3 is 5.97 Å². The minimum atomic E-state index is -0.788. The van der Waals surface area contributed by atoms with E-state index in [1.807, 2.05) is 13.8 Å². The van der Waals surface area contributed by atoms with Gasteiger partial charge in [-0.05, 0) is 13.3 Å². The van der Waals surface area contributed by atoms with Crippen molar-refractivity contribution in [3.8, 4) is 5.88 Å². The Morgan fingerprint density at radius 1 is 1.50 bits per heavy atom. The van der Waals surface area contributed by atoms with Gasteiger partial charge in [0.2, 0.25) is 5.88 Å². The van der Waals surface area contributed by atoms with E-state index in [1.54, 1.807) is 6.07 Å². The van der Waals surface area contributed by atoms with Gasteiger partial charge in [-0.15, -0.1) is 0 Å². The number of hydrogen-bond acceptors (Lipinski definition) is 5. The van der Waals surface area contributed by atoms with Crippen LogP contribution >= 0.6 is 0 Å². The third-order valence-corrected chi connectivity index (χ3v) is 2.45. The highest BCUT2D eigenvalue weighted by Crippen LogP contribution is 2.13. The molecule has 0 amide bonds. The number of aromatic nitrogens is 2. The van der Waals surface area contributed by atoms with E-state index in [0.717, 1.165) is 6.42 Å². The van der Waals surface area contributed by atoms with Crippen molar-refractivity contribution < 1.29 is 14.6 Å². The van der Waals surface area contributed by atoms with Crippen molar-refractivity contribution in [3.63, 3.8) is 0 Å². The lowest BCUT2D eigenvalue weighted by Crippen LogP contribution is -2.23. The van der Waals surface area contributed by atoms with Crippen LogP contribution in [-0.2, 0) is 4.79 Å². The number of carboxylic acids is 1. The maximum Gasteiger partial charge on any atom is 0.308 e. The second-order valence-corrected chi connectivity index (χ2v) is 3.88. The SMILES string of the molecule is CCCC(CNc1cc(OCC)ncn1)C(=O)O. The Hall–Kier alpha value is -1.85. The quantitative estimate of drug-likeness (QED) is 0.734. The monoisotopic (exact) mass is 253 g/mol. The molecule has 1 unspecified atom stereocenters. The molecule has 6 heteroatoms. The fourth-order valence-corrected chi connectivity index (χ4v) is 1.55. The van der Waals surface area contributed by atoms with Crippen LogP contribution in [0.5, 0.6) is 5.88 Å². The molecule has 1 atom stereocenters. The first-order chi connectivity index (χ1) is 8.67. The van der Waals surface area contributed by atoms with Crippen LogP contribution in [0.2, 0.25) is 0 Å². The summed E-state index contributed by atoms with van der Waals surface area (Å²) in [5.41, 5.74) is 0. The van der Waals surface area contributed by atoms with E-state index >= 15 is 0 Å². The Morgan fingerprint density at radius 3 is 2.89 bits per heavy atom. The molecule has 1 rings (SSSR count). The summed E-state index contributed by atoms with van der Waals surface area (Å²) < 4.78 is 5.24. The van der Waals surface area contributed by atoms with Crippen molar-refractivity contribution in [3.05, 3.63) is 12.4 Å². The lowest BCUT2D eigenvalue weighted by atomic mass is 10.0. The fraction of sp³-hybridized carbons (Fsp3) is 0.583. The highest BCUT2D eigenvalue weighted by Gasteiger charge is 2.16. The highest BCUT2D eigenvalue weighted by atomic mass is 16.5. The van der Waals surface area contributed by atoms with Crippen LogP contribution in [0, 0.1) is 5.92 Å². The van der Waals surface area contributed by atoms with Crippen LogP contribution in [0.1, 0.15) is 26.7 Å². The van der Waals surface area contributed by atoms with Gasteiger partial charge in [0.15, 0.2) is 0 Å². The van der Waals surface area contributed by atoms with Crippen molar-refractivity contribution in [2.75, 3.05) is 18.5 Å². The van der Waals surface area contributed by atoms with Crippen molar-refractivity contribution in [2.45, 2.75) is 26.7 Å². The number of hydrogen-bond donors (Lipinski definition) is 2. The molecule has 0 fully saturated rings. The van der Waals surface area contributed by atoms with Gasteiger partial charge in [-0.3, -0.25) is 4.79 Å². The molecule has 0 aromatic carbocycles. The number of aliphatic carboxylic acids is 1. The van der Waals surface area contributed by atoms with E-state index in [9.17, 15) is 4.79 Å². The summed E-state index contributed by atoms with van der Waals surface area (Å²) in [6, 6.07) is 1.66. The van der Waals surface area contributed by atoms with E-state index in [-0.39, 0.29) is 0 Å². The van der Waals surface area contributed by atoms with Gasteiger partial charge in [-0.2, -0.15) is 0 Å². The molecule has 0 aliphatic heterocycles. The lowest BCUT2D eigenvalue weighted by molar-refractivity contribution is -0.141. The molecule has 1 aromatic rings. The Kier molecular flexibility index (Phi) is 5.90. The summed E-state index contributed by atoms with van der Waals surface area (Å²) in [6.07, 6.45) is 2.88. The molecule has 6 nitrogen and oxygen atoms in total. The minimum absolute atomic E-state index is 0.353. The summed E-state index contributed by atoms with van der Waals surface area (Å²) in [7, 11) is 0. The molecule has 2 N–H and O–H groups in total. The third-order valence-electron chi connectivity index (χ3n) is 2.45. The van der Waals surface area contributed by atoms with Gasteiger partial charge in [0.05, 0.1) is 12.5 Å². The van der Waals surface area contributed by atoms with Crippen molar-refractivity contribution >= 4 is 11.8 Å². The number of ether oxygens (including phenoxy) is 1. The zero-order valence-corrected chi connectivity index (χ0v) is 10.7. The maximum absolute atomic E-state index is 11.0. The summed E-state index contributed by atoms with van der Waals surface area (Å²) in [5, 5.41) is 12.0. The van der Waals surface area contributed by atoms with Crippen molar-refractivity contribution in [1.82, 2.24) is 9.97 Å². The number of nitrogens with zero attached hydrogens (tertiary/aromatic N) is 2. The summed E-state index contributed by atoms with van der Waals surface area (Å²) in [5.74, 6) is -0.128. The van der Waals surface area contributed by atoms with E-state index in [4.69, 9.17) is 9.84 Å². The van der Waals surface area contributed by atoms with E-state index < -0.39 is 11.9 Å². The molecular formula is C12H19N3O3. The molecule has 0 bridgehead atoms. The largest absolute Gasteiger partial charge is 0.481 e. The van der Waals surface area contributed by atoms with Crippen molar-refractivity contribution in [1.29, 1.82) is 0 Å². The zero-order valence-electron chi connectivity index (χ0n) is 10.7. The first kappa shape index (κ1) is 14.2. The summed E-state index contributed by atoms with van der Waals surface area (Å²) in [6.45, 7) is 4.72. The molecule has 18 heavy (non-hydrogen) atoms. The second-order valence-electron chi connectivity index (χ2n) is 3.88. The van der Waals surface area contributed by atoms with Crippen LogP contribution in [0.15, 0.2) is 12.4 Å². The molecule has 0 aliphatic rings. The predicted molar refractivity (Wildman–Crippen MR) is 67.7 cm³/mol. The summed E-state index contributed by atoms with van der Waals surface area (Å²) >= 11 is 0. The van der Waals surface area contributed by atoms with Crippen LogP contribution in [0.25, 0.3) is 0 Å². The number of anilines is 1. The Bertz CT molecular complexity index is 385. The Morgan fingerprint density at radius 2 is 2.28 bits per heavy atom. The molecule has 0 saturated carbocycles. The Labute approximate surface area is 106 Å². The van der Waals surface area contributed by atoms with Crippen LogP contribution in [0.4, 0.5) is 5.82 Å². The zero-order chi connectivity index (χ0) is 13.4. The van der Waals surface area contributed by atoms with Gasteiger partial charge in [0, 0.05) is 12.6 Å². The smallest absolute Gasteiger partial charge is 0.308 e. The number of carbonyl (C=O) groups is 1. The minimum Gasteiger partial charge on any atom is -0.481 e. The normalized spacial score (nSPS) is 11.9. The maximum atomic E-state index is 11.0. The van der Waals surface area contributed by atoms with E-state index in [1.165, 1.54) is 6.33 Å². The molecular weight excluding hydrogens is 234 g/mol. The predicted octanol–water partition coefficient (Wildman–Crippen LogP) is 1.79. The number of rotatable bonds is 8. The van der Waals surface area contributed by atoms with E-state index in [0.29, 0.717) is 31.3 Å². The lowest BCUT2D eigenvalue weighted by Gasteiger charge is -2.12. The van der Waals surface area contributed by atoms with Crippen LogP contribution in [-0.4, -0.2) is 34.2 Å². The summed E-state index contributed by atoms with van der Waals surface area (Å²) in [4.78, 5) is 18.9. The van der Waals surface area contributed by atoms with Crippen LogP contribution < -0.4 is 10.1 Å². The molecule has 1 aromatic heterocycles. The first-order valence-corrected chi connectivity index (χ1v) is 6.08. The highest BCUT2D eigenvalue weighted by molar-refractivity contribution is 5.70.